The van der Waals surface area contributed by atoms with Crippen LogP contribution in [0.4, 0.5) is 5.69 Å². The Labute approximate surface area is 308 Å². The minimum absolute atomic E-state index is 0.0543. The molecule has 3 aromatic carbocycles. The van der Waals surface area contributed by atoms with Gasteiger partial charge < -0.3 is 44.5 Å². The van der Waals surface area contributed by atoms with Gasteiger partial charge in [-0.3, -0.25) is 14.6 Å². The number of ether oxygens (including phenoxy) is 4. The standard InChI is InChI=1S/C36H46BClN6O8/c1-3-39-33(45)23-31-35-43-42-24(2)44(35)32-12-11-29(22-30(32)34(41-31)25-7-9-28(38)10-8-25)52-20-19-51-18-17-50-16-15-49-14-13-40-36(46)26-5-4-6-27(21-26)37(47)48/h4-12,21-22,24,31,35,42-43,47-48H,3,13-20,23H2,1-2H3,(H,39,45)(H,40,46)/t24?,31-,35?/m0/s1. The van der Waals surface area contributed by atoms with Crippen LogP contribution in [0.2, 0.25) is 5.02 Å². The van der Waals surface area contributed by atoms with Crippen molar-refractivity contribution in [2.24, 2.45) is 4.99 Å². The first kappa shape index (κ1) is 39.2. The second-order valence-electron chi connectivity index (χ2n) is 12.1. The van der Waals surface area contributed by atoms with Crippen molar-refractivity contribution in [3.8, 4) is 5.75 Å². The molecule has 3 atom stereocenters. The van der Waals surface area contributed by atoms with Crippen LogP contribution < -0.4 is 36.6 Å². The van der Waals surface area contributed by atoms with Crippen molar-refractivity contribution in [2.45, 2.75) is 38.6 Å². The molecule has 2 heterocycles. The van der Waals surface area contributed by atoms with Crippen molar-refractivity contribution < 1.29 is 38.6 Å². The van der Waals surface area contributed by atoms with Crippen LogP contribution in [0.1, 0.15) is 41.8 Å². The van der Waals surface area contributed by atoms with Crippen molar-refractivity contribution in [2.75, 3.05) is 64.2 Å². The van der Waals surface area contributed by atoms with E-state index in [1.54, 1.807) is 12.1 Å². The molecule has 3 aromatic rings. The first-order chi connectivity index (χ1) is 25.2. The van der Waals surface area contributed by atoms with E-state index in [9.17, 15) is 19.6 Å². The fourth-order valence-corrected chi connectivity index (χ4v) is 6.07. The van der Waals surface area contributed by atoms with Crippen LogP contribution in [0.5, 0.6) is 5.75 Å². The topological polar surface area (TPSA) is 175 Å². The molecule has 0 radical (unpaired) electrons. The molecule has 278 valence electrons. The Hall–Kier alpha value is -4.06. The molecule has 6 N–H and O–H groups in total. The predicted octanol–water partition coefficient (Wildman–Crippen LogP) is 1.21. The molecule has 2 aliphatic rings. The van der Waals surface area contributed by atoms with E-state index < -0.39 is 7.12 Å². The van der Waals surface area contributed by atoms with Gasteiger partial charge in [-0.15, -0.1) is 0 Å². The number of hydrogen-bond acceptors (Lipinski definition) is 12. The summed E-state index contributed by atoms with van der Waals surface area (Å²) in [6, 6.07) is 19.2. The number of halogens is 1. The number of aliphatic imine (C=N–C) groups is 1. The Morgan fingerprint density at radius 3 is 2.33 bits per heavy atom. The van der Waals surface area contributed by atoms with Gasteiger partial charge in [0.25, 0.3) is 5.91 Å². The van der Waals surface area contributed by atoms with Gasteiger partial charge in [0, 0.05) is 40.5 Å². The summed E-state index contributed by atoms with van der Waals surface area (Å²) in [7, 11) is -1.63. The molecule has 52 heavy (non-hydrogen) atoms. The fourth-order valence-electron chi connectivity index (χ4n) is 5.95. The monoisotopic (exact) mass is 736 g/mol. The number of nitrogens with one attached hydrogen (secondary N) is 4. The lowest BCUT2D eigenvalue weighted by molar-refractivity contribution is -0.121. The molecule has 16 heteroatoms. The number of carbonyl (C=O) groups is 2. The molecule has 0 bridgehead atoms. The van der Waals surface area contributed by atoms with Crippen LogP contribution in [0.15, 0.2) is 71.7 Å². The van der Waals surface area contributed by atoms with Gasteiger partial charge in [-0.1, -0.05) is 35.9 Å². The summed E-state index contributed by atoms with van der Waals surface area (Å²) in [6.45, 7) is 7.33. The molecule has 2 unspecified atom stereocenters. The SMILES string of the molecule is CCNC(=O)C[C@@H]1N=C(c2ccc(Cl)cc2)c2cc(OCCOCCOCCOCCNC(=O)c3cccc(B(O)O)c3)ccc2N2C(C)NNC12. The normalized spacial score (nSPS) is 17.8. The van der Waals surface area contributed by atoms with E-state index in [1.807, 2.05) is 49.4 Å². The van der Waals surface area contributed by atoms with Gasteiger partial charge in [-0.05, 0) is 61.8 Å². The van der Waals surface area contributed by atoms with Crippen molar-refractivity contribution in [3.63, 3.8) is 0 Å². The van der Waals surface area contributed by atoms with Gasteiger partial charge >= 0.3 is 7.12 Å². The molecule has 0 spiro atoms. The van der Waals surface area contributed by atoms with Crippen molar-refractivity contribution in [1.82, 2.24) is 21.5 Å². The largest absolute Gasteiger partial charge is 0.491 e. The van der Waals surface area contributed by atoms with E-state index in [0.29, 0.717) is 75.7 Å². The molecule has 2 aliphatic heterocycles. The number of anilines is 1. The van der Waals surface area contributed by atoms with Crippen LogP contribution >= 0.6 is 11.6 Å². The molecular weight excluding hydrogens is 691 g/mol. The maximum atomic E-state index is 12.7. The molecule has 14 nitrogen and oxygen atoms in total. The Balaban J connectivity index is 1.06. The molecule has 1 fully saturated rings. The number of hydrogen-bond donors (Lipinski definition) is 6. The predicted molar refractivity (Wildman–Crippen MR) is 199 cm³/mol. The Bertz CT molecular complexity index is 1670. The highest BCUT2D eigenvalue weighted by Crippen LogP contribution is 2.36. The summed E-state index contributed by atoms with van der Waals surface area (Å²) >= 11 is 6.23. The number of carbonyl (C=O) groups excluding carboxylic acids is 2. The van der Waals surface area contributed by atoms with Crippen LogP contribution in [0.3, 0.4) is 0 Å². The number of hydrazine groups is 1. The number of amides is 2. The van der Waals surface area contributed by atoms with E-state index >= 15 is 0 Å². The lowest BCUT2D eigenvalue weighted by atomic mass is 9.79. The van der Waals surface area contributed by atoms with Crippen molar-refractivity contribution in [3.05, 3.63) is 88.4 Å². The zero-order valence-corrected chi connectivity index (χ0v) is 30.1. The van der Waals surface area contributed by atoms with Crippen LogP contribution in [0, 0.1) is 0 Å². The third-order valence-electron chi connectivity index (χ3n) is 8.42. The van der Waals surface area contributed by atoms with Gasteiger partial charge in [0.1, 0.15) is 18.5 Å². The van der Waals surface area contributed by atoms with Crippen LogP contribution in [0.25, 0.3) is 0 Å². The van der Waals surface area contributed by atoms with Crippen molar-refractivity contribution in [1.29, 1.82) is 0 Å². The van der Waals surface area contributed by atoms with E-state index in [2.05, 4.69) is 33.3 Å². The molecule has 2 amide bonds. The zero-order chi connectivity index (χ0) is 36.9. The third kappa shape index (κ3) is 10.7. The smallest absolute Gasteiger partial charge is 0.488 e. The average molecular weight is 737 g/mol. The number of benzene rings is 3. The van der Waals surface area contributed by atoms with Gasteiger partial charge in [0.15, 0.2) is 0 Å². The van der Waals surface area contributed by atoms with E-state index in [4.69, 9.17) is 35.5 Å². The second kappa shape index (κ2) is 19.7. The quantitative estimate of drug-likeness (QED) is 0.0772. The highest BCUT2D eigenvalue weighted by Gasteiger charge is 2.40. The first-order valence-corrected chi connectivity index (χ1v) is 17.8. The summed E-state index contributed by atoms with van der Waals surface area (Å²) in [4.78, 5) is 32.4. The Morgan fingerprint density at radius 2 is 1.62 bits per heavy atom. The van der Waals surface area contributed by atoms with E-state index in [1.165, 1.54) is 12.1 Å². The maximum Gasteiger partial charge on any atom is 0.488 e. The second-order valence-corrected chi connectivity index (χ2v) is 12.6. The fraction of sp³-hybridized carbons (Fsp3) is 0.417. The summed E-state index contributed by atoms with van der Waals surface area (Å²) < 4.78 is 22.9. The van der Waals surface area contributed by atoms with Crippen molar-refractivity contribution >= 4 is 47.4 Å². The highest BCUT2D eigenvalue weighted by atomic mass is 35.5. The third-order valence-corrected chi connectivity index (χ3v) is 8.68. The lowest BCUT2D eigenvalue weighted by Gasteiger charge is -2.31. The maximum absolute atomic E-state index is 12.7. The highest BCUT2D eigenvalue weighted by molar-refractivity contribution is 6.58. The number of nitrogens with zero attached hydrogens (tertiary/aromatic N) is 2. The molecular formula is C36H46BClN6O8. The summed E-state index contributed by atoms with van der Waals surface area (Å²) in [6.07, 6.45) is -0.0847. The Morgan fingerprint density at radius 1 is 0.904 bits per heavy atom. The summed E-state index contributed by atoms with van der Waals surface area (Å²) in [5.41, 5.74) is 10.7. The zero-order valence-electron chi connectivity index (χ0n) is 29.3. The van der Waals surface area contributed by atoms with E-state index in [0.717, 1.165) is 22.5 Å². The summed E-state index contributed by atoms with van der Waals surface area (Å²) in [5, 5.41) is 24.8. The molecule has 0 aromatic heterocycles. The van der Waals surface area contributed by atoms with E-state index in [-0.39, 0.29) is 42.1 Å². The number of fused-ring (bicyclic) bond motifs is 3. The first-order valence-electron chi connectivity index (χ1n) is 17.4. The van der Waals surface area contributed by atoms with Crippen LogP contribution in [-0.2, 0) is 19.0 Å². The summed E-state index contributed by atoms with van der Waals surface area (Å²) in [5.74, 6) is 0.277. The van der Waals surface area contributed by atoms with Gasteiger partial charge in [0.05, 0.1) is 64.0 Å². The molecule has 0 saturated carbocycles. The molecule has 1 saturated heterocycles. The minimum Gasteiger partial charge on any atom is -0.491 e. The lowest BCUT2D eigenvalue weighted by Crippen LogP contribution is -2.47. The van der Waals surface area contributed by atoms with Gasteiger partial charge in [-0.25, -0.2) is 10.9 Å². The Kier molecular flexibility index (Phi) is 14.8. The van der Waals surface area contributed by atoms with Gasteiger partial charge in [0.2, 0.25) is 5.91 Å². The number of rotatable bonds is 19. The average Bonchev–Trinajstić information content (AvgIpc) is 3.46. The van der Waals surface area contributed by atoms with Crippen LogP contribution in [-0.4, -0.2) is 112 Å². The molecule has 5 rings (SSSR count). The molecule has 0 aliphatic carbocycles. The van der Waals surface area contributed by atoms with Gasteiger partial charge in [-0.2, -0.15) is 0 Å². The minimum atomic E-state index is -1.63.